The van der Waals surface area contributed by atoms with Gasteiger partial charge in [0.1, 0.15) is 9.85 Å². The van der Waals surface area contributed by atoms with Gasteiger partial charge in [-0.2, -0.15) is 0 Å². The van der Waals surface area contributed by atoms with Crippen molar-refractivity contribution in [2.24, 2.45) is 0 Å². The van der Waals surface area contributed by atoms with Gasteiger partial charge in [-0.1, -0.05) is 6.07 Å². The van der Waals surface area contributed by atoms with Gasteiger partial charge in [0, 0.05) is 18.3 Å². The minimum atomic E-state index is -1.03. The maximum atomic E-state index is 10.2. The number of nitrogens with zero attached hydrogens (tertiary/aromatic N) is 3. The first kappa shape index (κ1) is 10.8. The van der Waals surface area contributed by atoms with Crippen molar-refractivity contribution in [3.05, 3.63) is 62.2 Å². The molecular formula is C8H7N3O4. The summed E-state index contributed by atoms with van der Waals surface area (Å²) in [5.41, 5.74) is 0.540. The number of aromatic nitrogens is 1. The molecule has 0 fully saturated rings. The monoisotopic (exact) mass is 209 g/mol. The second kappa shape index (κ2) is 4.80. The molecule has 0 bridgehead atoms. The zero-order valence-electron chi connectivity index (χ0n) is 7.57. The maximum absolute atomic E-state index is 10.2. The highest BCUT2D eigenvalue weighted by Gasteiger charge is 2.23. The molecule has 0 amide bonds. The van der Waals surface area contributed by atoms with Crippen LogP contribution in [-0.4, -0.2) is 14.8 Å². The minimum Gasteiger partial charge on any atom is -0.261 e. The van der Waals surface area contributed by atoms with Crippen molar-refractivity contribution in [3.8, 4) is 0 Å². The molecule has 1 heterocycles. The molecule has 0 radical (unpaired) electrons. The van der Waals surface area contributed by atoms with Crippen molar-refractivity contribution in [1.29, 1.82) is 0 Å². The predicted octanol–water partition coefficient (Wildman–Crippen LogP) is 1.02. The molecule has 0 spiro atoms. The molecule has 7 nitrogen and oxygen atoms in total. The molecule has 0 aliphatic carbocycles. The molecule has 0 aromatic carbocycles. The van der Waals surface area contributed by atoms with E-state index in [9.17, 15) is 20.2 Å². The van der Waals surface area contributed by atoms with Crippen LogP contribution in [0.4, 0.5) is 0 Å². The van der Waals surface area contributed by atoms with E-state index in [0.717, 1.165) is 6.08 Å². The quantitative estimate of drug-likeness (QED) is 0.544. The van der Waals surface area contributed by atoms with Crippen molar-refractivity contribution in [3.63, 3.8) is 0 Å². The highest BCUT2D eigenvalue weighted by molar-refractivity contribution is 5.07. The van der Waals surface area contributed by atoms with Crippen molar-refractivity contribution in [2.45, 2.75) is 6.42 Å². The summed E-state index contributed by atoms with van der Waals surface area (Å²) in [4.78, 5) is 22.3. The number of pyridine rings is 1. The summed E-state index contributed by atoms with van der Waals surface area (Å²) in [5.74, 6) is -1.03. The summed E-state index contributed by atoms with van der Waals surface area (Å²) in [6.07, 6.45) is 2.52. The molecule has 0 aliphatic rings. The van der Waals surface area contributed by atoms with Crippen molar-refractivity contribution >= 4 is 0 Å². The Morgan fingerprint density at radius 2 is 2.00 bits per heavy atom. The Morgan fingerprint density at radius 3 is 2.47 bits per heavy atom. The topological polar surface area (TPSA) is 99.2 Å². The van der Waals surface area contributed by atoms with Gasteiger partial charge >= 0.3 is 5.82 Å². The van der Waals surface area contributed by atoms with Gasteiger partial charge in [-0.3, -0.25) is 25.2 Å². The molecule has 15 heavy (non-hydrogen) atoms. The van der Waals surface area contributed by atoms with Crippen LogP contribution >= 0.6 is 0 Å². The zero-order valence-corrected chi connectivity index (χ0v) is 7.57. The first-order valence-electron chi connectivity index (χ1n) is 4.00. The lowest BCUT2D eigenvalue weighted by Crippen LogP contribution is -2.09. The van der Waals surface area contributed by atoms with Crippen LogP contribution in [0.2, 0.25) is 0 Å². The fraction of sp³-hybridized carbons (Fsp3) is 0.125. The number of hydrogen-bond acceptors (Lipinski definition) is 5. The van der Waals surface area contributed by atoms with Crippen LogP contribution in [0.5, 0.6) is 0 Å². The fourth-order valence-electron chi connectivity index (χ4n) is 0.930. The molecule has 0 saturated carbocycles. The summed E-state index contributed by atoms with van der Waals surface area (Å²) in [5, 5.41) is 20.5. The van der Waals surface area contributed by atoms with E-state index >= 15 is 0 Å². The number of nitro groups is 2. The Kier molecular flexibility index (Phi) is 3.44. The Balaban J connectivity index is 2.79. The van der Waals surface area contributed by atoms with Crippen molar-refractivity contribution in [1.82, 2.24) is 4.98 Å². The van der Waals surface area contributed by atoms with E-state index in [1.54, 1.807) is 18.2 Å². The average Bonchev–Trinajstić information content (AvgIpc) is 2.18. The molecule has 1 rings (SSSR count). The fourth-order valence-corrected chi connectivity index (χ4v) is 0.930. The van der Waals surface area contributed by atoms with E-state index in [0.29, 0.717) is 5.69 Å². The van der Waals surface area contributed by atoms with Gasteiger partial charge in [-0.25, -0.2) is 0 Å². The third kappa shape index (κ3) is 3.14. The molecule has 0 N–H and O–H groups in total. The molecule has 1 aromatic heterocycles. The van der Waals surface area contributed by atoms with Gasteiger partial charge in [0.05, 0.1) is 6.08 Å². The van der Waals surface area contributed by atoms with E-state index < -0.39 is 15.7 Å². The van der Waals surface area contributed by atoms with Gasteiger partial charge in [0.2, 0.25) is 0 Å². The molecule has 0 unspecified atom stereocenters. The van der Waals surface area contributed by atoms with Gasteiger partial charge in [0.25, 0.3) is 0 Å². The Hall–Kier alpha value is -2.31. The Bertz CT molecular complexity index is 386. The third-order valence-corrected chi connectivity index (χ3v) is 1.59. The van der Waals surface area contributed by atoms with Gasteiger partial charge < -0.3 is 0 Å². The zero-order chi connectivity index (χ0) is 11.3. The summed E-state index contributed by atoms with van der Waals surface area (Å²) < 4.78 is 0. The SMILES string of the molecule is O=[N+]([O-])C(=CCc1ccccn1)[N+](=O)[O-]. The lowest BCUT2D eigenvalue weighted by atomic mass is 10.2. The van der Waals surface area contributed by atoms with Crippen LogP contribution in [0.15, 0.2) is 36.3 Å². The molecule has 0 saturated heterocycles. The molecule has 1 aromatic rings. The third-order valence-electron chi connectivity index (χ3n) is 1.59. The van der Waals surface area contributed by atoms with Crippen LogP contribution in [0.25, 0.3) is 0 Å². The highest BCUT2D eigenvalue weighted by atomic mass is 16.7. The maximum Gasteiger partial charge on any atom is 0.554 e. The van der Waals surface area contributed by atoms with Gasteiger partial charge in [-0.05, 0) is 12.1 Å². The lowest BCUT2D eigenvalue weighted by molar-refractivity contribution is -0.616. The molecule has 7 heteroatoms. The number of allylic oxidation sites excluding steroid dienone is 1. The van der Waals surface area contributed by atoms with Crippen LogP contribution in [-0.2, 0) is 6.42 Å². The number of hydrogen-bond donors (Lipinski definition) is 0. The molecule has 0 aliphatic heterocycles. The van der Waals surface area contributed by atoms with Crippen LogP contribution in [0, 0.1) is 20.2 Å². The first-order valence-corrected chi connectivity index (χ1v) is 4.00. The second-order valence-electron chi connectivity index (χ2n) is 2.60. The number of rotatable bonds is 4. The summed E-state index contributed by atoms with van der Waals surface area (Å²) >= 11 is 0. The van der Waals surface area contributed by atoms with E-state index in [1.807, 2.05) is 0 Å². The second-order valence-corrected chi connectivity index (χ2v) is 2.60. The molecule has 0 atom stereocenters. The summed E-state index contributed by atoms with van der Waals surface area (Å²) in [6, 6.07) is 5.03. The van der Waals surface area contributed by atoms with E-state index in [-0.39, 0.29) is 6.42 Å². The van der Waals surface area contributed by atoms with Gasteiger partial charge in [-0.15, -0.1) is 0 Å². The Labute approximate surface area is 84.4 Å². The first-order chi connectivity index (χ1) is 7.11. The standard InChI is InChI=1S/C8H7N3O4/c12-10(13)8(11(14)15)5-4-7-3-1-2-6-9-7/h1-3,5-6H,4H2. The smallest absolute Gasteiger partial charge is 0.261 e. The van der Waals surface area contributed by atoms with Gasteiger partial charge in [0.15, 0.2) is 0 Å². The van der Waals surface area contributed by atoms with E-state index in [4.69, 9.17) is 0 Å². The molecular weight excluding hydrogens is 202 g/mol. The van der Waals surface area contributed by atoms with Crippen LogP contribution < -0.4 is 0 Å². The van der Waals surface area contributed by atoms with E-state index in [2.05, 4.69) is 4.98 Å². The van der Waals surface area contributed by atoms with Crippen molar-refractivity contribution in [2.75, 3.05) is 0 Å². The largest absolute Gasteiger partial charge is 0.554 e. The van der Waals surface area contributed by atoms with E-state index in [1.165, 1.54) is 6.20 Å². The normalized spacial score (nSPS) is 9.33. The summed E-state index contributed by atoms with van der Waals surface area (Å²) in [6.45, 7) is 0. The van der Waals surface area contributed by atoms with Crippen LogP contribution in [0.3, 0.4) is 0 Å². The minimum absolute atomic E-state index is 0.0676. The van der Waals surface area contributed by atoms with Crippen LogP contribution in [0.1, 0.15) is 5.69 Å². The average molecular weight is 209 g/mol. The predicted molar refractivity (Wildman–Crippen MR) is 50.0 cm³/mol. The Morgan fingerprint density at radius 1 is 1.33 bits per heavy atom. The molecule has 78 valence electrons. The highest BCUT2D eigenvalue weighted by Crippen LogP contribution is 2.01. The summed E-state index contributed by atoms with van der Waals surface area (Å²) in [7, 11) is 0. The lowest BCUT2D eigenvalue weighted by Gasteiger charge is -1.92. The van der Waals surface area contributed by atoms with Crippen molar-refractivity contribution < 1.29 is 9.85 Å².